The summed E-state index contributed by atoms with van der Waals surface area (Å²) in [7, 11) is 2.16. The predicted octanol–water partition coefficient (Wildman–Crippen LogP) is 3.07. The van der Waals surface area contributed by atoms with E-state index in [0.717, 1.165) is 29.7 Å². The Balaban J connectivity index is 2.15. The second kappa shape index (κ2) is 5.73. The third kappa shape index (κ3) is 2.85. The Bertz CT molecular complexity index is 467. The lowest BCUT2D eigenvalue weighted by atomic mass is 9.93. The van der Waals surface area contributed by atoms with Gasteiger partial charge in [-0.15, -0.1) is 0 Å². The molecule has 0 spiro atoms. The lowest BCUT2D eigenvalue weighted by Crippen LogP contribution is -2.43. The van der Waals surface area contributed by atoms with E-state index < -0.39 is 0 Å². The van der Waals surface area contributed by atoms with Crippen molar-refractivity contribution in [3.05, 3.63) is 28.2 Å². The maximum atomic E-state index is 9.21. The highest BCUT2D eigenvalue weighted by molar-refractivity contribution is 9.10. The van der Waals surface area contributed by atoms with Crippen LogP contribution in [0.1, 0.15) is 18.9 Å². The van der Waals surface area contributed by atoms with E-state index in [2.05, 4.69) is 46.2 Å². The second-order valence-corrected chi connectivity index (χ2v) is 5.91. The molecule has 1 N–H and O–H groups in total. The van der Waals surface area contributed by atoms with Crippen molar-refractivity contribution in [2.24, 2.45) is 5.92 Å². The number of nitriles is 1. The van der Waals surface area contributed by atoms with Crippen molar-refractivity contribution in [3.8, 4) is 6.07 Å². The summed E-state index contributed by atoms with van der Waals surface area (Å²) in [5.74, 6) is 0.592. The van der Waals surface area contributed by atoms with Crippen LogP contribution in [0.4, 0.5) is 5.69 Å². The van der Waals surface area contributed by atoms with E-state index in [-0.39, 0.29) is 0 Å². The summed E-state index contributed by atoms with van der Waals surface area (Å²) in [6, 6.07) is 8.55. The Morgan fingerprint density at radius 2 is 2.28 bits per heavy atom. The number of likely N-dealkylation sites (tertiary alicyclic amines) is 1. The van der Waals surface area contributed by atoms with E-state index in [1.54, 1.807) is 0 Å². The Morgan fingerprint density at radius 3 is 2.94 bits per heavy atom. The molecule has 96 valence electrons. The van der Waals surface area contributed by atoms with Crippen LogP contribution in [0.2, 0.25) is 0 Å². The molecule has 1 aromatic carbocycles. The first-order chi connectivity index (χ1) is 8.61. The number of benzene rings is 1. The van der Waals surface area contributed by atoms with Crippen LogP contribution in [0.25, 0.3) is 0 Å². The maximum Gasteiger partial charge on any atom is 0.103 e. The number of hydrogen-bond acceptors (Lipinski definition) is 3. The highest BCUT2D eigenvalue weighted by Gasteiger charge is 2.24. The van der Waals surface area contributed by atoms with E-state index >= 15 is 0 Å². The number of anilines is 1. The molecule has 1 aliphatic rings. The highest BCUT2D eigenvalue weighted by Crippen LogP contribution is 2.27. The molecule has 4 heteroatoms. The van der Waals surface area contributed by atoms with Crippen LogP contribution in [0.15, 0.2) is 22.7 Å². The summed E-state index contributed by atoms with van der Waals surface area (Å²) in [6.45, 7) is 4.48. The first kappa shape index (κ1) is 13.4. The summed E-state index contributed by atoms with van der Waals surface area (Å²) in [5.41, 5.74) is 1.64. The van der Waals surface area contributed by atoms with E-state index in [4.69, 9.17) is 0 Å². The standard InChI is InChI=1S/C14H18BrN3/c1-10-9-18(2)7-6-13(10)17-14-5-3-4-12(15)11(14)8-16/h3-5,10,13,17H,6-7,9H2,1-2H3. The molecular weight excluding hydrogens is 290 g/mol. The van der Waals surface area contributed by atoms with Crippen LogP contribution in [-0.4, -0.2) is 31.1 Å². The van der Waals surface area contributed by atoms with Crippen molar-refractivity contribution in [2.75, 3.05) is 25.5 Å². The molecule has 1 aliphatic heterocycles. The Morgan fingerprint density at radius 1 is 1.50 bits per heavy atom. The minimum atomic E-state index is 0.447. The number of hydrogen-bond donors (Lipinski definition) is 1. The fourth-order valence-electron chi connectivity index (χ4n) is 2.53. The SMILES string of the molecule is CC1CN(C)CCC1Nc1cccc(Br)c1C#N. The molecule has 0 saturated carbocycles. The second-order valence-electron chi connectivity index (χ2n) is 5.05. The normalized spacial score (nSPS) is 24.6. The average Bonchev–Trinajstić information content (AvgIpc) is 2.33. The minimum absolute atomic E-state index is 0.447. The van der Waals surface area contributed by atoms with E-state index in [1.165, 1.54) is 0 Å². The summed E-state index contributed by atoms with van der Waals surface area (Å²) < 4.78 is 0.857. The van der Waals surface area contributed by atoms with Crippen molar-refractivity contribution in [2.45, 2.75) is 19.4 Å². The van der Waals surface area contributed by atoms with Crippen LogP contribution in [-0.2, 0) is 0 Å². The summed E-state index contributed by atoms with van der Waals surface area (Å²) in [5, 5.41) is 12.7. The van der Waals surface area contributed by atoms with Gasteiger partial charge < -0.3 is 10.2 Å². The van der Waals surface area contributed by atoms with Gasteiger partial charge in [0.1, 0.15) is 6.07 Å². The molecule has 1 heterocycles. The molecule has 0 radical (unpaired) electrons. The van der Waals surface area contributed by atoms with Gasteiger partial charge in [0.2, 0.25) is 0 Å². The minimum Gasteiger partial charge on any atom is -0.381 e. The molecule has 1 aromatic rings. The van der Waals surface area contributed by atoms with Crippen LogP contribution in [0.3, 0.4) is 0 Å². The molecule has 1 saturated heterocycles. The average molecular weight is 308 g/mol. The Hall–Kier alpha value is -1.05. The lowest BCUT2D eigenvalue weighted by Gasteiger charge is -2.36. The summed E-state index contributed by atoms with van der Waals surface area (Å²) in [6.07, 6.45) is 1.12. The van der Waals surface area contributed by atoms with Crippen LogP contribution < -0.4 is 5.32 Å². The van der Waals surface area contributed by atoms with Gasteiger partial charge in [-0.25, -0.2) is 0 Å². The first-order valence-electron chi connectivity index (χ1n) is 6.25. The topological polar surface area (TPSA) is 39.1 Å². The molecule has 0 aliphatic carbocycles. The van der Waals surface area contributed by atoms with Gasteiger partial charge in [0.15, 0.2) is 0 Å². The number of halogens is 1. The van der Waals surface area contributed by atoms with Crippen LogP contribution in [0, 0.1) is 17.2 Å². The van der Waals surface area contributed by atoms with Crippen LogP contribution >= 0.6 is 15.9 Å². The molecule has 1 fully saturated rings. The van der Waals surface area contributed by atoms with E-state index in [1.807, 2.05) is 18.2 Å². The number of piperidine rings is 1. The van der Waals surface area contributed by atoms with Gasteiger partial charge >= 0.3 is 0 Å². The van der Waals surface area contributed by atoms with Gasteiger partial charge in [-0.2, -0.15) is 5.26 Å². The quantitative estimate of drug-likeness (QED) is 0.912. The van der Waals surface area contributed by atoms with E-state index in [9.17, 15) is 5.26 Å². The Kier molecular flexibility index (Phi) is 4.26. The smallest absolute Gasteiger partial charge is 0.103 e. The number of nitrogens with one attached hydrogen (secondary N) is 1. The molecular formula is C14H18BrN3. The zero-order chi connectivity index (χ0) is 13.1. The van der Waals surface area contributed by atoms with Gasteiger partial charge in [-0.05, 0) is 54.0 Å². The molecule has 0 aromatic heterocycles. The number of rotatable bonds is 2. The number of nitrogens with zero attached hydrogens (tertiary/aromatic N) is 2. The fourth-order valence-corrected chi connectivity index (χ4v) is 2.98. The predicted molar refractivity (Wildman–Crippen MR) is 77.5 cm³/mol. The van der Waals surface area contributed by atoms with Gasteiger partial charge in [0, 0.05) is 17.1 Å². The van der Waals surface area contributed by atoms with Crippen molar-refractivity contribution in [1.82, 2.24) is 4.90 Å². The molecule has 2 unspecified atom stereocenters. The lowest BCUT2D eigenvalue weighted by molar-refractivity contribution is 0.206. The monoisotopic (exact) mass is 307 g/mol. The molecule has 0 amide bonds. The molecule has 2 atom stereocenters. The zero-order valence-corrected chi connectivity index (χ0v) is 12.4. The molecule has 2 rings (SSSR count). The zero-order valence-electron chi connectivity index (χ0n) is 10.8. The van der Waals surface area contributed by atoms with Crippen LogP contribution in [0.5, 0.6) is 0 Å². The molecule has 3 nitrogen and oxygen atoms in total. The van der Waals surface area contributed by atoms with Crippen molar-refractivity contribution < 1.29 is 0 Å². The maximum absolute atomic E-state index is 9.21. The van der Waals surface area contributed by atoms with Gasteiger partial charge in [-0.3, -0.25) is 0 Å². The third-order valence-corrected chi connectivity index (χ3v) is 4.24. The van der Waals surface area contributed by atoms with Crippen molar-refractivity contribution in [3.63, 3.8) is 0 Å². The Labute approximate surface area is 117 Å². The molecule has 0 bridgehead atoms. The summed E-state index contributed by atoms with van der Waals surface area (Å²) in [4.78, 5) is 2.36. The third-order valence-electron chi connectivity index (χ3n) is 3.57. The summed E-state index contributed by atoms with van der Waals surface area (Å²) >= 11 is 3.43. The largest absolute Gasteiger partial charge is 0.381 e. The van der Waals surface area contributed by atoms with Gasteiger partial charge in [-0.1, -0.05) is 13.0 Å². The molecule has 18 heavy (non-hydrogen) atoms. The van der Waals surface area contributed by atoms with E-state index in [0.29, 0.717) is 17.5 Å². The van der Waals surface area contributed by atoms with Gasteiger partial charge in [0.25, 0.3) is 0 Å². The van der Waals surface area contributed by atoms with Crippen molar-refractivity contribution >= 4 is 21.6 Å². The highest BCUT2D eigenvalue weighted by atomic mass is 79.9. The van der Waals surface area contributed by atoms with Gasteiger partial charge in [0.05, 0.1) is 11.3 Å². The van der Waals surface area contributed by atoms with Crippen molar-refractivity contribution in [1.29, 1.82) is 5.26 Å². The fraction of sp³-hybridized carbons (Fsp3) is 0.500. The first-order valence-corrected chi connectivity index (χ1v) is 7.05.